The van der Waals surface area contributed by atoms with Crippen molar-refractivity contribution in [3.63, 3.8) is 0 Å². The molecule has 0 radical (unpaired) electrons. The molecule has 2 aromatic heterocycles. The summed E-state index contributed by atoms with van der Waals surface area (Å²) in [6.07, 6.45) is 0. The first-order chi connectivity index (χ1) is 13.3. The highest BCUT2D eigenvalue weighted by molar-refractivity contribution is 6.43. The van der Waals surface area contributed by atoms with E-state index in [0.29, 0.717) is 5.76 Å². The summed E-state index contributed by atoms with van der Waals surface area (Å²) in [5.74, 6) is -0.867. The monoisotopic (exact) mass is 423 g/mol. The van der Waals surface area contributed by atoms with Gasteiger partial charge in [0, 0.05) is 0 Å². The average molecular weight is 424 g/mol. The maximum Gasteiger partial charge on any atom is 0.342 e. The van der Waals surface area contributed by atoms with Gasteiger partial charge in [-0.2, -0.15) is 4.98 Å². The van der Waals surface area contributed by atoms with E-state index in [2.05, 4.69) is 9.97 Å². The Morgan fingerprint density at radius 1 is 1.18 bits per heavy atom. The van der Waals surface area contributed by atoms with Gasteiger partial charge in [-0.15, -0.1) is 0 Å². The van der Waals surface area contributed by atoms with E-state index in [1.807, 2.05) is 0 Å². The van der Waals surface area contributed by atoms with Crippen LogP contribution in [0.3, 0.4) is 0 Å². The van der Waals surface area contributed by atoms with Crippen LogP contribution in [0.15, 0.2) is 22.6 Å². The van der Waals surface area contributed by atoms with Gasteiger partial charge in [-0.1, -0.05) is 29.3 Å². The molecule has 0 saturated carbocycles. The largest absolute Gasteiger partial charge is 0.462 e. The van der Waals surface area contributed by atoms with Crippen molar-refractivity contribution in [1.82, 2.24) is 9.97 Å². The van der Waals surface area contributed by atoms with E-state index >= 15 is 0 Å². The Balaban J connectivity index is 1.86. The molecule has 146 valence electrons. The minimum atomic E-state index is -0.697. The number of aromatic nitrogens is 2. The van der Waals surface area contributed by atoms with E-state index in [1.165, 1.54) is 6.07 Å². The highest BCUT2D eigenvalue weighted by atomic mass is 35.5. The van der Waals surface area contributed by atoms with Crippen molar-refractivity contribution in [2.75, 3.05) is 12.3 Å². The van der Waals surface area contributed by atoms with Crippen molar-refractivity contribution in [2.24, 2.45) is 0 Å². The lowest BCUT2D eigenvalue weighted by Gasteiger charge is -2.07. The Hall–Kier alpha value is -2.84. The first-order valence-corrected chi connectivity index (χ1v) is 8.92. The van der Waals surface area contributed by atoms with Gasteiger partial charge in [0.05, 0.1) is 27.6 Å². The predicted octanol–water partition coefficient (Wildman–Crippen LogP) is 3.95. The van der Waals surface area contributed by atoms with Crippen LogP contribution < -0.4 is 5.73 Å². The second-order valence-electron chi connectivity index (χ2n) is 5.64. The van der Waals surface area contributed by atoms with Gasteiger partial charge in [0.25, 0.3) is 0 Å². The molecular weight excluding hydrogens is 409 g/mol. The molecule has 2 heterocycles. The number of esters is 2. The van der Waals surface area contributed by atoms with E-state index in [9.17, 15) is 9.59 Å². The first-order valence-electron chi connectivity index (χ1n) is 8.17. The maximum atomic E-state index is 12.2. The molecular formula is C18H15Cl2N3O5. The summed E-state index contributed by atoms with van der Waals surface area (Å²) in [7, 11) is 0. The van der Waals surface area contributed by atoms with E-state index < -0.39 is 11.9 Å². The molecule has 10 heteroatoms. The van der Waals surface area contributed by atoms with Crippen LogP contribution in [-0.4, -0.2) is 28.5 Å². The van der Waals surface area contributed by atoms with Crippen LogP contribution in [0.25, 0.3) is 11.1 Å². The summed E-state index contributed by atoms with van der Waals surface area (Å²) in [4.78, 5) is 32.6. The second kappa shape index (κ2) is 8.04. The van der Waals surface area contributed by atoms with Crippen LogP contribution in [0.4, 0.5) is 5.82 Å². The molecule has 0 aliphatic heterocycles. The molecule has 0 bridgehead atoms. The maximum absolute atomic E-state index is 12.2. The number of furan rings is 1. The summed E-state index contributed by atoms with van der Waals surface area (Å²) >= 11 is 11.9. The van der Waals surface area contributed by atoms with Gasteiger partial charge in [0.15, 0.2) is 12.4 Å². The van der Waals surface area contributed by atoms with Crippen molar-refractivity contribution in [3.05, 3.63) is 51.0 Å². The van der Waals surface area contributed by atoms with E-state index in [-0.39, 0.29) is 57.1 Å². The number of benzene rings is 1. The zero-order valence-corrected chi connectivity index (χ0v) is 16.4. The van der Waals surface area contributed by atoms with Crippen molar-refractivity contribution >= 4 is 52.1 Å². The first kappa shape index (κ1) is 19.9. The molecule has 3 rings (SSSR count). The lowest BCUT2D eigenvalue weighted by Crippen LogP contribution is -2.10. The third-order valence-corrected chi connectivity index (χ3v) is 4.60. The van der Waals surface area contributed by atoms with Crippen LogP contribution in [-0.2, 0) is 16.1 Å². The van der Waals surface area contributed by atoms with Crippen molar-refractivity contribution in [2.45, 2.75) is 20.5 Å². The number of carbonyl (C=O) groups is 2. The molecule has 2 N–H and O–H groups in total. The van der Waals surface area contributed by atoms with Crippen LogP contribution in [0.5, 0.6) is 0 Å². The molecule has 8 nitrogen and oxygen atoms in total. The van der Waals surface area contributed by atoms with Crippen molar-refractivity contribution in [3.8, 4) is 0 Å². The molecule has 0 fully saturated rings. The quantitative estimate of drug-likeness (QED) is 0.612. The Kier molecular flexibility index (Phi) is 5.71. The van der Waals surface area contributed by atoms with Gasteiger partial charge in [0.1, 0.15) is 17.1 Å². The topological polar surface area (TPSA) is 118 Å². The highest BCUT2D eigenvalue weighted by Gasteiger charge is 2.24. The van der Waals surface area contributed by atoms with Gasteiger partial charge in [-0.05, 0) is 26.0 Å². The third kappa shape index (κ3) is 3.74. The molecule has 0 aliphatic rings. The summed E-state index contributed by atoms with van der Waals surface area (Å²) in [6, 6.07) is 4.61. The fourth-order valence-corrected chi connectivity index (χ4v) is 2.94. The van der Waals surface area contributed by atoms with Crippen LogP contribution in [0.2, 0.25) is 10.0 Å². The summed E-state index contributed by atoms with van der Waals surface area (Å²) in [6.45, 7) is 3.20. The Morgan fingerprint density at radius 2 is 1.93 bits per heavy atom. The lowest BCUT2D eigenvalue weighted by molar-refractivity contribution is 0.0461. The molecule has 1 aromatic carbocycles. The number of nitrogens with two attached hydrogens (primary N) is 1. The van der Waals surface area contributed by atoms with Gasteiger partial charge in [0.2, 0.25) is 5.71 Å². The number of nitrogen functional groups attached to an aromatic ring is 1. The highest BCUT2D eigenvalue weighted by Crippen LogP contribution is 2.29. The van der Waals surface area contributed by atoms with Crippen LogP contribution >= 0.6 is 23.2 Å². The molecule has 0 unspecified atom stereocenters. The molecule has 0 amide bonds. The molecule has 0 spiro atoms. The average Bonchev–Trinajstić information content (AvgIpc) is 2.98. The minimum absolute atomic E-state index is 0.0109. The molecule has 3 aromatic rings. The standard InChI is InChI=1S/C18H15Cl2N3O5/c1-3-26-18(25)12-8(2)28-16-13(12)15(21)22-11(23-16)7-27-17(24)9-5-4-6-10(19)14(9)20/h4-6H,3,7H2,1-2H3,(H2,21,22,23). The third-order valence-electron chi connectivity index (χ3n) is 3.79. The van der Waals surface area contributed by atoms with Gasteiger partial charge in [-0.25, -0.2) is 14.6 Å². The van der Waals surface area contributed by atoms with E-state index in [0.717, 1.165) is 0 Å². The zero-order chi connectivity index (χ0) is 20.4. The van der Waals surface area contributed by atoms with Gasteiger partial charge >= 0.3 is 11.9 Å². The van der Waals surface area contributed by atoms with Crippen LogP contribution in [0, 0.1) is 6.92 Å². The van der Waals surface area contributed by atoms with E-state index in [4.69, 9.17) is 42.8 Å². The number of hydrogen-bond donors (Lipinski definition) is 1. The number of carbonyl (C=O) groups excluding carboxylic acids is 2. The van der Waals surface area contributed by atoms with Crippen LogP contribution in [0.1, 0.15) is 39.2 Å². The predicted molar refractivity (Wildman–Crippen MR) is 102 cm³/mol. The lowest BCUT2D eigenvalue weighted by atomic mass is 10.2. The molecule has 0 aliphatic carbocycles. The second-order valence-corrected chi connectivity index (χ2v) is 6.42. The fraction of sp³-hybridized carbons (Fsp3) is 0.222. The fourth-order valence-electron chi connectivity index (χ4n) is 2.57. The number of anilines is 1. The Morgan fingerprint density at radius 3 is 2.64 bits per heavy atom. The smallest absolute Gasteiger partial charge is 0.342 e. The van der Waals surface area contributed by atoms with Crippen molar-refractivity contribution < 1.29 is 23.5 Å². The number of fused-ring (bicyclic) bond motifs is 1. The summed E-state index contributed by atoms with van der Waals surface area (Å²) in [5, 5.41) is 0.574. The molecule has 0 atom stereocenters. The number of ether oxygens (including phenoxy) is 2. The van der Waals surface area contributed by atoms with Gasteiger partial charge in [-0.3, -0.25) is 0 Å². The Bertz CT molecular complexity index is 1080. The Labute approximate surface area is 169 Å². The van der Waals surface area contributed by atoms with Gasteiger partial charge < -0.3 is 19.6 Å². The molecule has 0 saturated heterocycles. The number of nitrogens with zero attached hydrogens (tertiary/aromatic N) is 2. The minimum Gasteiger partial charge on any atom is -0.462 e. The normalized spacial score (nSPS) is 10.9. The van der Waals surface area contributed by atoms with E-state index in [1.54, 1.807) is 26.0 Å². The molecule has 28 heavy (non-hydrogen) atoms. The summed E-state index contributed by atoms with van der Waals surface area (Å²) < 4.78 is 15.7. The number of halogens is 2. The van der Waals surface area contributed by atoms with Crippen molar-refractivity contribution in [1.29, 1.82) is 0 Å². The number of aryl methyl sites for hydroxylation is 1. The zero-order valence-electron chi connectivity index (χ0n) is 14.9. The number of hydrogen-bond acceptors (Lipinski definition) is 8. The number of rotatable bonds is 5. The summed E-state index contributed by atoms with van der Waals surface area (Å²) in [5.41, 5.74) is 6.35. The SMILES string of the molecule is CCOC(=O)c1c(C)oc2nc(COC(=O)c3cccc(Cl)c3Cl)nc(N)c12.